The minimum absolute atomic E-state index is 0.436. The molecule has 3 N–H and O–H groups in total. The summed E-state index contributed by atoms with van der Waals surface area (Å²) in [4.78, 5) is 19.1. The van der Waals surface area contributed by atoms with E-state index in [1.54, 1.807) is 0 Å². The fourth-order valence-electron chi connectivity index (χ4n) is 3.49. The number of aliphatic imine (C=N–C) groups is 1. The van der Waals surface area contributed by atoms with E-state index >= 15 is 0 Å². The lowest BCUT2D eigenvalue weighted by Crippen LogP contribution is -2.38. The van der Waals surface area contributed by atoms with Crippen LogP contribution in [0.15, 0.2) is 29.3 Å². The Kier molecular flexibility index (Phi) is 10.6. The Balaban J connectivity index is 1.67. The summed E-state index contributed by atoms with van der Waals surface area (Å²) in [5, 5.41) is 9.49. The fraction of sp³-hybridized carbons (Fsp3) is 0.667. The van der Waals surface area contributed by atoms with Gasteiger partial charge in [-0.05, 0) is 97.1 Å². The molecule has 0 spiro atoms. The van der Waals surface area contributed by atoms with Crippen LogP contribution in [0, 0.1) is 0 Å². The molecule has 0 radical (unpaired) electrons. The Hall–Kier alpha value is -2.28. The molecule has 2 rings (SSSR count). The Labute approximate surface area is 188 Å². The molecule has 1 fully saturated rings. The zero-order valence-electron chi connectivity index (χ0n) is 19.8. The van der Waals surface area contributed by atoms with Crippen LogP contribution in [0.4, 0.5) is 10.5 Å². The number of hydrogen-bond donors (Lipinski definition) is 3. The highest BCUT2D eigenvalue weighted by molar-refractivity contribution is 5.84. The maximum Gasteiger partial charge on any atom is 0.412 e. The lowest BCUT2D eigenvalue weighted by Gasteiger charge is -2.19. The number of nitrogens with zero attached hydrogens (tertiary/aromatic N) is 2. The number of guanidine groups is 1. The van der Waals surface area contributed by atoms with Crippen molar-refractivity contribution in [1.29, 1.82) is 0 Å². The van der Waals surface area contributed by atoms with Crippen LogP contribution in [0.5, 0.6) is 0 Å². The summed E-state index contributed by atoms with van der Waals surface area (Å²) >= 11 is 0. The smallest absolute Gasteiger partial charge is 0.412 e. The summed E-state index contributed by atoms with van der Waals surface area (Å²) in [5.41, 5.74) is 1.42. The Bertz CT molecular complexity index is 676. The molecule has 1 aliphatic rings. The number of amides is 1. The topological polar surface area (TPSA) is 78.0 Å². The molecule has 1 aromatic carbocycles. The molecule has 0 atom stereocenters. The van der Waals surface area contributed by atoms with Crippen LogP contribution in [0.3, 0.4) is 0 Å². The number of carbonyl (C=O) groups excluding carboxylic acids is 1. The van der Waals surface area contributed by atoms with E-state index in [1.165, 1.54) is 44.5 Å². The van der Waals surface area contributed by atoms with Gasteiger partial charge in [-0.15, -0.1) is 0 Å². The fourth-order valence-corrected chi connectivity index (χ4v) is 3.49. The van der Waals surface area contributed by atoms with E-state index in [2.05, 4.69) is 27.8 Å². The van der Waals surface area contributed by atoms with E-state index in [1.807, 2.05) is 45.0 Å². The molecular formula is C24H41N5O2. The Morgan fingerprint density at radius 2 is 1.81 bits per heavy atom. The van der Waals surface area contributed by atoms with Crippen molar-refractivity contribution in [3.8, 4) is 0 Å². The summed E-state index contributed by atoms with van der Waals surface area (Å²) in [6.45, 7) is 13.9. The normalized spacial score (nSPS) is 15.0. The SMILES string of the molecule is CCNC(=NCCCCN1CCCC1)NCCc1ccc(NC(=O)OC(C)(C)C)cc1. The maximum atomic E-state index is 11.8. The van der Waals surface area contributed by atoms with Gasteiger partial charge in [0.2, 0.25) is 0 Å². The summed E-state index contributed by atoms with van der Waals surface area (Å²) in [5.74, 6) is 0.881. The number of anilines is 1. The number of rotatable bonds is 10. The van der Waals surface area contributed by atoms with Gasteiger partial charge in [-0.25, -0.2) is 4.79 Å². The van der Waals surface area contributed by atoms with Gasteiger partial charge < -0.3 is 20.3 Å². The second kappa shape index (κ2) is 13.2. The largest absolute Gasteiger partial charge is 0.444 e. The van der Waals surface area contributed by atoms with Gasteiger partial charge in [-0.1, -0.05) is 12.1 Å². The molecule has 7 heteroatoms. The minimum atomic E-state index is -0.505. The third-order valence-corrected chi connectivity index (χ3v) is 5.00. The quantitative estimate of drug-likeness (QED) is 0.296. The van der Waals surface area contributed by atoms with Crippen molar-refractivity contribution in [1.82, 2.24) is 15.5 Å². The number of unbranched alkanes of at least 4 members (excludes halogenated alkanes) is 1. The van der Waals surface area contributed by atoms with Gasteiger partial charge in [0, 0.05) is 25.3 Å². The molecule has 1 aliphatic heterocycles. The minimum Gasteiger partial charge on any atom is -0.444 e. The molecule has 31 heavy (non-hydrogen) atoms. The maximum absolute atomic E-state index is 11.8. The summed E-state index contributed by atoms with van der Waals surface area (Å²) in [6, 6.07) is 7.85. The number of likely N-dealkylation sites (tertiary alicyclic amines) is 1. The second-order valence-corrected chi connectivity index (χ2v) is 9.02. The van der Waals surface area contributed by atoms with Crippen LogP contribution in [0.2, 0.25) is 0 Å². The molecule has 7 nitrogen and oxygen atoms in total. The number of benzene rings is 1. The molecule has 0 aliphatic carbocycles. The molecule has 1 heterocycles. The lowest BCUT2D eigenvalue weighted by molar-refractivity contribution is 0.0636. The number of carbonyl (C=O) groups is 1. The van der Waals surface area contributed by atoms with Crippen molar-refractivity contribution in [2.24, 2.45) is 4.99 Å². The highest BCUT2D eigenvalue weighted by atomic mass is 16.6. The molecule has 1 amide bonds. The van der Waals surface area contributed by atoms with Crippen LogP contribution in [-0.4, -0.2) is 61.8 Å². The first-order valence-electron chi connectivity index (χ1n) is 11.7. The van der Waals surface area contributed by atoms with Crippen LogP contribution in [0.1, 0.15) is 58.9 Å². The third-order valence-electron chi connectivity index (χ3n) is 5.00. The van der Waals surface area contributed by atoms with E-state index in [0.29, 0.717) is 0 Å². The predicted octanol–water partition coefficient (Wildman–Crippen LogP) is 4.01. The van der Waals surface area contributed by atoms with Crippen molar-refractivity contribution in [2.45, 2.75) is 65.4 Å². The number of hydrogen-bond acceptors (Lipinski definition) is 4. The molecule has 1 aromatic rings. The first-order valence-corrected chi connectivity index (χ1v) is 11.7. The van der Waals surface area contributed by atoms with Crippen molar-refractivity contribution in [3.63, 3.8) is 0 Å². The summed E-state index contributed by atoms with van der Waals surface area (Å²) < 4.78 is 5.28. The van der Waals surface area contributed by atoms with Gasteiger partial charge in [-0.3, -0.25) is 10.3 Å². The van der Waals surface area contributed by atoms with Gasteiger partial charge in [0.25, 0.3) is 0 Å². The average Bonchev–Trinajstić information content (AvgIpc) is 3.21. The first kappa shape index (κ1) is 25.0. The van der Waals surface area contributed by atoms with Crippen molar-refractivity contribution in [2.75, 3.05) is 44.6 Å². The van der Waals surface area contributed by atoms with Crippen LogP contribution < -0.4 is 16.0 Å². The first-order chi connectivity index (χ1) is 14.9. The molecular weight excluding hydrogens is 390 g/mol. The van der Waals surface area contributed by atoms with E-state index in [4.69, 9.17) is 9.73 Å². The molecule has 0 unspecified atom stereocenters. The van der Waals surface area contributed by atoms with Crippen molar-refractivity contribution >= 4 is 17.7 Å². The van der Waals surface area contributed by atoms with Crippen LogP contribution in [-0.2, 0) is 11.2 Å². The standard InChI is InChI=1S/C24H41N5O2/c1-5-25-22(26-15-6-7-17-29-18-8-9-19-29)27-16-14-20-10-12-21(13-11-20)28-23(30)31-24(2,3)4/h10-13H,5-9,14-19H2,1-4H3,(H,28,30)(H2,25,26,27). The zero-order chi connectivity index (χ0) is 22.5. The Morgan fingerprint density at radius 3 is 2.45 bits per heavy atom. The van der Waals surface area contributed by atoms with Gasteiger partial charge in [0.15, 0.2) is 5.96 Å². The highest BCUT2D eigenvalue weighted by Crippen LogP contribution is 2.13. The van der Waals surface area contributed by atoms with Crippen LogP contribution >= 0.6 is 0 Å². The van der Waals surface area contributed by atoms with Crippen molar-refractivity contribution in [3.05, 3.63) is 29.8 Å². The Morgan fingerprint density at radius 1 is 1.10 bits per heavy atom. The number of ether oxygens (including phenoxy) is 1. The van der Waals surface area contributed by atoms with E-state index < -0.39 is 11.7 Å². The summed E-state index contributed by atoms with van der Waals surface area (Å²) in [7, 11) is 0. The molecule has 0 saturated carbocycles. The van der Waals surface area contributed by atoms with Gasteiger partial charge in [-0.2, -0.15) is 0 Å². The molecule has 1 saturated heterocycles. The van der Waals surface area contributed by atoms with Crippen LogP contribution in [0.25, 0.3) is 0 Å². The van der Waals surface area contributed by atoms with E-state index in [0.717, 1.165) is 44.1 Å². The number of nitrogens with one attached hydrogen (secondary N) is 3. The third kappa shape index (κ3) is 11.1. The average molecular weight is 432 g/mol. The molecule has 0 bridgehead atoms. The van der Waals surface area contributed by atoms with Gasteiger partial charge >= 0.3 is 6.09 Å². The highest BCUT2D eigenvalue weighted by Gasteiger charge is 2.16. The van der Waals surface area contributed by atoms with E-state index in [-0.39, 0.29) is 0 Å². The van der Waals surface area contributed by atoms with Crippen molar-refractivity contribution < 1.29 is 9.53 Å². The molecule has 0 aromatic heterocycles. The lowest BCUT2D eigenvalue weighted by atomic mass is 10.1. The van der Waals surface area contributed by atoms with Gasteiger partial charge in [0.1, 0.15) is 5.60 Å². The summed E-state index contributed by atoms with van der Waals surface area (Å²) in [6.07, 6.45) is 5.50. The monoisotopic (exact) mass is 431 g/mol. The second-order valence-electron chi connectivity index (χ2n) is 9.02. The predicted molar refractivity (Wildman–Crippen MR) is 129 cm³/mol. The van der Waals surface area contributed by atoms with Gasteiger partial charge in [0.05, 0.1) is 0 Å². The molecule has 174 valence electrons. The van der Waals surface area contributed by atoms with E-state index in [9.17, 15) is 4.79 Å². The zero-order valence-corrected chi connectivity index (χ0v) is 19.8.